The minimum Gasteiger partial charge on any atom is -0.480 e. The molecule has 2 atom stereocenters. The van der Waals surface area contributed by atoms with Crippen molar-refractivity contribution in [1.82, 2.24) is 0 Å². The van der Waals surface area contributed by atoms with E-state index >= 15 is 0 Å². The van der Waals surface area contributed by atoms with Crippen molar-refractivity contribution in [2.45, 2.75) is 38.3 Å². The fourth-order valence-corrected chi connectivity index (χ4v) is 2.84. The van der Waals surface area contributed by atoms with Crippen molar-refractivity contribution in [3.8, 4) is 0 Å². The Balaban J connectivity index is 2.20. The van der Waals surface area contributed by atoms with Crippen molar-refractivity contribution in [3.63, 3.8) is 0 Å². The molecule has 0 aliphatic carbocycles. The van der Waals surface area contributed by atoms with Gasteiger partial charge in [0.15, 0.2) is 0 Å². The summed E-state index contributed by atoms with van der Waals surface area (Å²) in [5.74, 6) is -0.829. The number of carbonyl (C=O) groups is 1. The molecule has 0 saturated carbocycles. The van der Waals surface area contributed by atoms with Crippen molar-refractivity contribution in [2.24, 2.45) is 0 Å². The number of ether oxygens (including phenoxy) is 1. The molecular weight excluding hydrogens is 278 g/mol. The Labute approximate surface area is 124 Å². The first-order valence-electron chi connectivity index (χ1n) is 6.95. The van der Waals surface area contributed by atoms with E-state index in [9.17, 15) is 4.79 Å². The van der Waals surface area contributed by atoms with Crippen LogP contribution in [0.3, 0.4) is 0 Å². The van der Waals surface area contributed by atoms with E-state index in [2.05, 4.69) is 6.92 Å². The zero-order valence-electron chi connectivity index (χ0n) is 11.6. The molecule has 0 aromatic heterocycles. The van der Waals surface area contributed by atoms with Gasteiger partial charge in [-0.25, -0.2) is 0 Å². The molecule has 1 fully saturated rings. The van der Waals surface area contributed by atoms with E-state index in [1.807, 2.05) is 23.1 Å². The number of anilines is 1. The smallest absolute Gasteiger partial charge is 0.323 e. The summed E-state index contributed by atoms with van der Waals surface area (Å²) < 4.78 is 5.67. The van der Waals surface area contributed by atoms with Crippen LogP contribution in [-0.4, -0.2) is 36.4 Å². The van der Waals surface area contributed by atoms with Gasteiger partial charge in [-0.15, -0.1) is 0 Å². The van der Waals surface area contributed by atoms with Gasteiger partial charge in [0.05, 0.1) is 6.10 Å². The summed E-state index contributed by atoms with van der Waals surface area (Å²) in [6, 6.07) is 7.56. The zero-order chi connectivity index (χ0) is 14.5. The Morgan fingerprint density at radius 2 is 2.35 bits per heavy atom. The van der Waals surface area contributed by atoms with Gasteiger partial charge in [-0.1, -0.05) is 24.6 Å². The van der Waals surface area contributed by atoms with Crippen molar-refractivity contribution in [2.75, 3.05) is 18.1 Å². The maximum absolute atomic E-state index is 11.2. The van der Waals surface area contributed by atoms with Crippen molar-refractivity contribution in [3.05, 3.63) is 29.3 Å². The molecular formula is C15H20ClNO3. The molecule has 2 unspecified atom stereocenters. The van der Waals surface area contributed by atoms with Gasteiger partial charge >= 0.3 is 5.97 Å². The lowest BCUT2D eigenvalue weighted by atomic mass is 9.99. The van der Waals surface area contributed by atoms with E-state index in [4.69, 9.17) is 21.4 Å². The first kappa shape index (κ1) is 15.1. The molecule has 4 nitrogen and oxygen atoms in total. The third kappa shape index (κ3) is 3.87. The Hall–Kier alpha value is -1.26. The molecule has 2 rings (SSSR count). The Bertz CT molecular complexity index is 466. The molecule has 1 N–H and O–H groups in total. The third-order valence-corrected chi connectivity index (χ3v) is 3.92. The molecule has 1 aromatic rings. The Morgan fingerprint density at radius 3 is 3.00 bits per heavy atom. The Morgan fingerprint density at radius 1 is 1.55 bits per heavy atom. The summed E-state index contributed by atoms with van der Waals surface area (Å²) in [7, 11) is 0. The summed E-state index contributed by atoms with van der Waals surface area (Å²) in [4.78, 5) is 13.1. The summed E-state index contributed by atoms with van der Waals surface area (Å²) in [5, 5.41) is 9.78. The average Bonchev–Trinajstić information content (AvgIpc) is 2.44. The maximum atomic E-state index is 11.2. The van der Waals surface area contributed by atoms with E-state index in [1.165, 1.54) is 0 Å². The summed E-state index contributed by atoms with van der Waals surface area (Å²) >= 11 is 6.02. The number of hydrogen-bond donors (Lipinski definition) is 1. The number of halogens is 1. The van der Waals surface area contributed by atoms with Gasteiger partial charge in [0.2, 0.25) is 0 Å². The molecule has 5 heteroatoms. The van der Waals surface area contributed by atoms with Crippen LogP contribution in [-0.2, 0) is 9.53 Å². The van der Waals surface area contributed by atoms with Crippen LogP contribution in [0.2, 0.25) is 5.02 Å². The lowest BCUT2D eigenvalue weighted by Crippen LogP contribution is -2.44. The molecule has 0 amide bonds. The van der Waals surface area contributed by atoms with Crippen LogP contribution >= 0.6 is 11.6 Å². The van der Waals surface area contributed by atoms with Crippen LogP contribution in [0.15, 0.2) is 24.3 Å². The van der Waals surface area contributed by atoms with E-state index < -0.39 is 5.97 Å². The molecule has 1 aliphatic rings. The first-order chi connectivity index (χ1) is 9.60. The van der Waals surface area contributed by atoms with Gasteiger partial charge in [0.25, 0.3) is 0 Å². The fourth-order valence-electron chi connectivity index (χ4n) is 2.66. The van der Waals surface area contributed by atoms with Gasteiger partial charge < -0.3 is 14.7 Å². The zero-order valence-corrected chi connectivity index (χ0v) is 12.3. The second kappa shape index (κ2) is 6.95. The lowest BCUT2D eigenvalue weighted by molar-refractivity contribution is -0.135. The van der Waals surface area contributed by atoms with Gasteiger partial charge in [-0.3, -0.25) is 4.79 Å². The standard InChI is InChI=1S/C15H20ClNO3/c1-2-14-9-13(6-7-20-14)17(10-15(18)19)12-5-3-4-11(16)8-12/h3-5,8,13-14H,2,6-7,9-10H2,1H3,(H,18,19). The first-order valence-corrected chi connectivity index (χ1v) is 7.33. The fraction of sp³-hybridized carbons (Fsp3) is 0.533. The van der Waals surface area contributed by atoms with Crippen LogP contribution in [0.5, 0.6) is 0 Å². The van der Waals surface area contributed by atoms with E-state index in [0.29, 0.717) is 11.6 Å². The van der Waals surface area contributed by atoms with Crippen molar-refractivity contribution >= 4 is 23.3 Å². The molecule has 0 spiro atoms. The number of aliphatic carboxylic acids is 1. The molecule has 0 radical (unpaired) electrons. The predicted octanol–water partition coefficient (Wildman–Crippen LogP) is 3.19. The molecule has 1 aromatic carbocycles. The van der Waals surface area contributed by atoms with Crippen LogP contribution in [0, 0.1) is 0 Å². The van der Waals surface area contributed by atoms with Crippen molar-refractivity contribution < 1.29 is 14.6 Å². The minimum atomic E-state index is -0.829. The van der Waals surface area contributed by atoms with Gasteiger partial charge in [-0.05, 0) is 37.5 Å². The maximum Gasteiger partial charge on any atom is 0.323 e. The number of nitrogens with zero attached hydrogens (tertiary/aromatic N) is 1. The van der Waals surface area contributed by atoms with E-state index in [1.54, 1.807) is 6.07 Å². The molecule has 1 aliphatic heterocycles. The highest BCUT2D eigenvalue weighted by molar-refractivity contribution is 6.30. The van der Waals surface area contributed by atoms with Gasteiger partial charge in [0.1, 0.15) is 6.54 Å². The van der Waals surface area contributed by atoms with E-state index in [-0.39, 0.29) is 18.7 Å². The number of rotatable bonds is 5. The highest BCUT2D eigenvalue weighted by atomic mass is 35.5. The highest BCUT2D eigenvalue weighted by Crippen LogP contribution is 2.27. The summed E-state index contributed by atoms with van der Waals surface area (Å²) in [6.45, 7) is 2.76. The Kier molecular flexibility index (Phi) is 5.26. The topological polar surface area (TPSA) is 49.8 Å². The van der Waals surface area contributed by atoms with Gasteiger partial charge in [0, 0.05) is 23.4 Å². The molecule has 20 heavy (non-hydrogen) atoms. The normalized spacial score (nSPS) is 22.5. The summed E-state index contributed by atoms with van der Waals surface area (Å²) in [5.41, 5.74) is 0.863. The third-order valence-electron chi connectivity index (χ3n) is 3.68. The minimum absolute atomic E-state index is 0.0125. The summed E-state index contributed by atoms with van der Waals surface area (Å²) in [6.07, 6.45) is 2.86. The largest absolute Gasteiger partial charge is 0.480 e. The van der Waals surface area contributed by atoms with E-state index in [0.717, 1.165) is 24.9 Å². The van der Waals surface area contributed by atoms with Crippen LogP contribution < -0.4 is 4.90 Å². The molecule has 1 saturated heterocycles. The number of carboxylic acid groups (broad SMARTS) is 1. The van der Waals surface area contributed by atoms with Crippen molar-refractivity contribution in [1.29, 1.82) is 0 Å². The van der Waals surface area contributed by atoms with Gasteiger partial charge in [-0.2, -0.15) is 0 Å². The SMILES string of the molecule is CCC1CC(N(CC(=O)O)c2cccc(Cl)c2)CCO1. The second-order valence-corrected chi connectivity index (χ2v) is 5.52. The van der Waals surface area contributed by atoms with Crippen LogP contribution in [0.25, 0.3) is 0 Å². The van der Waals surface area contributed by atoms with Crippen LogP contribution in [0.1, 0.15) is 26.2 Å². The van der Waals surface area contributed by atoms with Crippen LogP contribution in [0.4, 0.5) is 5.69 Å². The predicted molar refractivity (Wildman–Crippen MR) is 79.5 cm³/mol. The number of benzene rings is 1. The molecule has 110 valence electrons. The average molecular weight is 298 g/mol. The number of hydrogen-bond acceptors (Lipinski definition) is 3. The molecule has 1 heterocycles. The monoisotopic (exact) mass is 297 g/mol. The highest BCUT2D eigenvalue weighted by Gasteiger charge is 2.28. The number of carboxylic acids is 1. The second-order valence-electron chi connectivity index (χ2n) is 5.08. The quantitative estimate of drug-likeness (QED) is 0.907. The lowest BCUT2D eigenvalue weighted by Gasteiger charge is -2.38. The molecule has 0 bridgehead atoms.